The zero-order valence-corrected chi connectivity index (χ0v) is 11.6. The molecule has 0 aliphatic heterocycles. The van der Waals surface area contributed by atoms with Crippen LogP contribution in [0.25, 0.3) is 10.9 Å². The number of nitrogens with zero attached hydrogens (tertiary/aromatic N) is 1. The minimum atomic E-state index is -0.294. The van der Waals surface area contributed by atoms with Gasteiger partial charge in [-0.1, -0.05) is 24.3 Å². The first-order chi connectivity index (χ1) is 10.2. The fourth-order valence-electron chi connectivity index (χ4n) is 2.43. The van der Waals surface area contributed by atoms with Crippen molar-refractivity contribution in [1.82, 2.24) is 9.88 Å². The van der Waals surface area contributed by atoms with Crippen molar-refractivity contribution in [3.63, 3.8) is 0 Å². The quantitative estimate of drug-likeness (QED) is 0.783. The molecule has 3 rings (SSSR count). The van der Waals surface area contributed by atoms with E-state index in [2.05, 4.69) is 4.98 Å². The van der Waals surface area contributed by atoms with E-state index < -0.39 is 0 Å². The Bertz CT molecular complexity index is 794. The normalized spacial score (nSPS) is 10.8. The predicted molar refractivity (Wildman–Crippen MR) is 80.5 cm³/mol. The third-order valence-electron chi connectivity index (χ3n) is 3.54. The Morgan fingerprint density at radius 2 is 1.95 bits per heavy atom. The van der Waals surface area contributed by atoms with Gasteiger partial charge < -0.3 is 9.88 Å². The molecule has 0 saturated heterocycles. The molecule has 0 bridgehead atoms. The van der Waals surface area contributed by atoms with E-state index in [4.69, 9.17) is 0 Å². The summed E-state index contributed by atoms with van der Waals surface area (Å²) in [4.78, 5) is 17.2. The molecule has 0 aliphatic rings. The molecular formula is C17H15FN2O. The molecule has 1 amide bonds. The van der Waals surface area contributed by atoms with Crippen LogP contribution in [0.15, 0.2) is 54.7 Å². The van der Waals surface area contributed by atoms with Crippen LogP contribution in [0.5, 0.6) is 0 Å². The van der Waals surface area contributed by atoms with E-state index in [9.17, 15) is 9.18 Å². The summed E-state index contributed by atoms with van der Waals surface area (Å²) in [5.41, 5.74) is 2.04. The summed E-state index contributed by atoms with van der Waals surface area (Å²) in [5.74, 6) is -0.416. The second kappa shape index (κ2) is 5.40. The number of aromatic amines is 1. The zero-order chi connectivity index (χ0) is 14.8. The third-order valence-corrected chi connectivity index (χ3v) is 3.54. The van der Waals surface area contributed by atoms with Gasteiger partial charge in [-0.2, -0.15) is 0 Å². The highest BCUT2D eigenvalue weighted by atomic mass is 19.1. The number of hydrogen-bond acceptors (Lipinski definition) is 1. The third kappa shape index (κ3) is 2.52. The second-order valence-electron chi connectivity index (χ2n) is 5.00. The van der Waals surface area contributed by atoms with Crippen molar-refractivity contribution in [3.8, 4) is 0 Å². The molecule has 4 heteroatoms. The summed E-state index contributed by atoms with van der Waals surface area (Å²) >= 11 is 0. The molecule has 0 aliphatic carbocycles. The first-order valence-electron chi connectivity index (χ1n) is 6.72. The number of carbonyl (C=O) groups excluding carboxylic acids is 1. The molecule has 0 fully saturated rings. The highest BCUT2D eigenvalue weighted by Crippen LogP contribution is 2.19. The van der Waals surface area contributed by atoms with Gasteiger partial charge in [0.25, 0.3) is 5.91 Å². The first-order valence-corrected chi connectivity index (χ1v) is 6.72. The van der Waals surface area contributed by atoms with Crippen LogP contribution in [-0.2, 0) is 6.54 Å². The number of aromatic nitrogens is 1. The summed E-state index contributed by atoms with van der Waals surface area (Å²) < 4.78 is 13.7. The molecule has 3 nitrogen and oxygen atoms in total. The molecule has 1 aromatic heterocycles. The molecule has 2 aromatic carbocycles. The van der Waals surface area contributed by atoms with Crippen LogP contribution in [0.3, 0.4) is 0 Å². The summed E-state index contributed by atoms with van der Waals surface area (Å²) in [6.07, 6.45) is 1.80. The maximum absolute atomic E-state index is 13.7. The summed E-state index contributed by atoms with van der Waals surface area (Å²) in [7, 11) is 1.68. The predicted octanol–water partition coefficient (Wildman–Crippen LogP) is 3.58. The van der Waals surface area contributed by atoms with E-state index in [1.165, 1.54) is 11.0 Å². The van der Waals surface area contributed by atoms with Crippen molar-refractivity contribution in [2.75, 3.05) is 7.05 Å². The Morgan fingerprint density at radius 3 is 2.76 bits per heavy atom. The SMILES string of the molecule is CN(Cc1ccccc1F)C(=O)c1cccc2[nH]ccc12. The molecule has 0 unspecified atom stereocenters. The van der Waals surface area contributed by atoms with Crippen molar-refractivity contribution in [2.24, 2.45) is 0 Å². The highest BCUT2D eigenvalue weighted by Gasteiger charge is 2.16. The molecule has 3 aromatic rings. The van der Waals surface area contributed by atoms with Crippen molar-refractivity contribution >= 4 is 16.8 Å². The van der Waals surface area contributed by atoms with Crippen LogP contribution in [0, 0.1) is 5.82 Å². The smallest absolute Gasteiger partial charge is 0.254 e. The number of amides is 1. The van der Waals surface area contributed by atoms with Crippen LogP contribution in [0.4, 0.5) is 4.39 Å². The van der Waals surface area contributed by atoms with Gasteiger partial charge in [-0.15, -0.1) is 0 Å². The van der Waals surface area contributed by atoms with Crippen molar-refractivity contribution in [1.29, 1.82) is 0 Å². The zero-order valence-electron chi connectivity index (χ0n) is 11.6. The van der Waals surface area contributed by atoms with Crippen LogP contribution in [-0.4, -0.2) is 22.8 Å². The van der Waals surface area contributed by atoms with E-state index in [1.54, 1.807) is 37.5 Å². The van der Waals surface area contributed by atoms with Gasteiger partial charge in [0.15, 0.2) is 0 Å². The van der Waals surface area contributed by atoms with Gasteiger partial charge in [-0.3, -0.25) is 4.79 Å². The lowest BCUT2D eigenvalue weighted by Gasteiger charge is -2.18. The van der Waals surface area contributed by atoms with Crippen molar-refractivity contribution in [2.45, 2.75) is 6.54 Å². The van der Waals surface area contributed by atoms with E-state index in [1.807, 2.05) is 18.2 Å². The van der Waals surface area contributed by atoms with Gasteiger partial charge in [-0.05, 0) is 24.3 Å². The minimum Gasteiger partial charge on any atom is -0.361 e. The minimum absolute atomic E-state index is 0.122. The number of halogens is 1. The standard InChI is InChI=1S/C17H15FN2O/c1-20(11-12-5-2-3-7-15(12)18)17(21)14-6-4-8-16-13(14)9-10-19-16/h2-10,19H,11H2,1H3. The average Bonchev–Trinajstić information content (AvgIpc) is 2.97. The Balaban J connectivity index is 1.88. The Kier molecular flexibility index (Phi) is 3.44. The fourth-order valence-corrected chi connectivity index (χ4v) is 2.43. The molecule has 1 N–H and O–H groups in total. The van der Waals surface area contributed by atoms with E-state index >= 15 is 0 Å². The van der Waals surface area contributed by atoms with Gasteiger partial charge in [0.05, 0.1) is 0 Å². The largest absolute Gasteiger partial charge is 0.361 e. The maximum atomic E-state index is 13.7. The second-order valence-corrected chi connectivity index (χ2v) is 5.00. The summed E-state index contributed by atoms with van der Waals surface area (Å²) in [6.45, 7) is 0.242. The van der Waals surface area contributed by atoms with Crippen molar-refractivity contribution < 1.29 is 9.18 Å². The first kappa shape index (κ1) is 13.4. The monoisotopic (exact) mass is 282 g/mol. The number of H-pyrrole nitrogens is 1. The van der Waals surface area contributed by atoms with Crippen LogP contribution in [0.2, 0.25) is 0 Å². The summed E-state index contributed by atoms with van der Waals surface area (Å²) in [5, 5.41) is 0.878. The number of fused-ring (bicyclic) bond motifs is 1. The van der Waals surface area contributed by atoms with E-state index in [0.717, 1.165) is 10.9 Å². The Morgan fingerprint density at radius 1 is 1.14 bits per heavy atom. The van der Waals surface area contributed by atoms with E-state index in [-0.39, 0.29) is 18.3 Å². The molecule has 0 radical (unpaired) electrons. The highest BCUT2D eigenvalue weighted by molar-refractivity contribution is 6.06. The number of rotatable bonds is 3. The molecule has 0 atom stereocenters. The molecule has 0 saturated carbocycles. The summed E-state index contributed by atoms with van der Waals surface area (Å²) in [6, 6.07) is 13.9. The van der Waals surface area contributed by atoms with Gasteiger partial charge in [0.2, 0.25) is 0 Å². The lowest BCUT2D eigenvalue weighted by atomic mass is 10.1. The molecular weight excluding hydrogens is 267 g/mol. The molecule has 21 heavy (non-hydrogen) atoms. The number of carbonyl (C=O) groups is 1. The lowest BCUT2D eigenvalue weighted by molar-refractivity contribution is 0.0786. The van der Waals surface area contributed by atoms with Gasteiger partial charge >= 0.3 is 0 Å². The Hall–Kier alpha value is -2.62. The number of benzene rings is 2. The van der Waals surface area contributed by atoms with Crippen LogP contribution in [0.1, 0.15) is 15.9 Å². The average molecular weight is 282 g/mol. The molecule has 0 spiro atoms. The van der Waals surface area contributed by atoms with Gasteiger partial charge in [-0.25, -0.2) is 4.39 Å². The van der Waals surface area contributed by atoms with Gasteiger partial charge in [0, 0.05) is 41.8 Å². The van der Waals surface area contributed by atoms with Gasteiger partial charge in [0.1, 0.15) is 5.82 Å². The maximum Gasteiger partial charge on any atom is 0.254 e. The Labute approximate surface area is 122 Å². The van der Waals surface area contributed by atoms with E-state index in [0.29, 0.717) is 11.1 Å². The van der Waals surface area contributed by atoms with Crippen molar-refractivity contribution in [3.05, 3.63) is 71.7 Å². The topological polar surface area (TPSA) is 36.1 Å². The van der Waals surface area contributed by atoms with Crippen LogP contribution >= 0.6 is 0 Å². The number of hydrogen-bond donors (Lipinski definition) is 1. The lowest BCUT2D eigenvalue weighted by Crippen LogP contribution is -2.26. The molecule has 1 heterocycles. The molecule has 106 valence electrons. The number of nitrogens with one attached hydrogen (secondary N) is 1. The fraction of sp³-hybridized carbons (Fsp3) is 0.118. The van der Waals surface area contributed by atoms with Crippen LogP contribution < -0.4 is 0 Å².